The summed E-state index contributed by atoms with van der Waals surface area (Å²) < 4.78 is 10.5. The predicted octanol–water partition coefficient (Wildman–Crippen LogP) is 3.54. The number of carbonyl (C=O) groups is 3. The van der Waals surface area contributed by atoms with Crippen LogP contribution in [0.5, 0.6) is 0 Å². The molecule has 0 radical (unpaired) electrons. The number of hydrogen-bond donors (Lipinski definition) is 0. The second-order valence-corrected chi connectivity index (χ2v) is 8.78. The molecule has 0 N–H and O–H groups in total. The number of rotatable bonds is 6. The average molecular weight is 405 g/mol. The number of hydrogen-bond acceptors (Lipinski definition) is 5. The summed E-state index contributed by atoms with van der Waals surface area (Å²) in [6.45, 7) is 11.0. The first kappa shape index (κ1) is 22.7. The molecule has 0 fully saturated rings. The van der Waals surface area contributed by atoms with Gasteiger partial charge < -0.3 is 14.4 Å². The summed E-state index contributed by atoms with van der Waals surface area (Å²) in [5, 5.41) is 0. The molecular weight excluding hydrogens is 372 g/mol. The lowest BCUT2D eigenvalue weighted by molar-refractivity contribution is -0.146. The molecule has 0 atom stereocenters. The van der Waals surface area contributed by atoms with Crippen LogP contribution < -0.4 is 4.90 Å². The zero-order chi connectivity index (χ0) is 21.8. The van der Waals surface area contributed by atoms with E-state index in [1.807, 2.05) is 24.3 Å². The number of benzene rings is 1. The van der Waals surface area contributed by atoms with E-state index >= 15 is 0 Å². The molecule has 0 spiro atoms. The normalized spacial score (nSPS) is 13.7. The van der Waals surface area contributed by atoms with Crippen LogP contribution in [-0.2, 0) is 25.5 Å². The summed E-state index contributed by atoms with van der Waals surface area (Å²) in [5.41, 5.74) is 0.374. The summed E-state index contributed by atoms with van der Waals surface area (Å²) in [5.74, 6) is -0.636. The highest BCUT2D eigenvalue weighted by Gasteiger charge is 2.39. The molecule has 1 aliphatic rings. The van der Waals surface area contributed by atoms with Crippen LogP contribution in [0, 0.1) is 0 Å². The Bertz CT molecular complexity index is 767. The summed E-state index contributed by atoms with van der Waals surface area (Å²) in [6.07, 6.45) is 0.214. The maximum absolute atomic E-state index is 13.1. The van der Waals surface area contributed by atoms with E-state index in [1.54, 1.807) is 46.4 Å². The third-order valence-electron chi connectivity index (χ3n) is 4.71. The van der Waals surface area contributed by atoms with Crippen molar-refractivity contribution in [3.8, 4) is 0 Å². The Morgan fingerprint density at radius 1 is 1.10 bits per heavy atom. The minimum absolute atomic E-state index is 0.0555. The van der Waals surface area contributed by atoms with Gasteiger partial charge in [-0.2, -0.15) is 0 Å². The lowest BCUT2D eigenvalue weighted by Gasteiger charge is -2.39. The fraction of sp³-hybridized carbons (Fsp3) is 0.591. The van der Waals surface area contributed by atoms with Gasteiger partial charge in [0.1, 0.15) is 12.1 Å². The maximum atomic E-state index is 13.1. The lowest BCUT2D eigenvalue weighted by atomic mass is 9.97. The molecule has 1 aromatic carbocycles. The predicted molar refractivity (Wildman–Crippen MR) is 111 cm³/mol. The number of carbonyl (C=O) groups excluding carboxylic acids is 3. The second kappa shape index (κ2) is 8.84. The molecule has 0 aliphatic carbocycles. The Hall–Kier alpha value is -2.57. The van der Waals surface area contributed by atoms with Crippen molar-refractivity contribution in [3.63, 3.8) is 0 Å². The summed E-state index contributed by atoms with van der Waals surface area (Å²) in [6, 6.07) is 7.81. The lowest BCUT2D eigenvalue weighted by Crippen LogP contribution is -2.54. The van der Waals surface area contributed by atoms with Gasteiger partial charge in [-0.1, -0.05) is 18.2 Å². The molecule has 2 amide bonds. The standard InChI is InChI=1S/C22H32N2O5/c1-7-28-19(26)15-24(20(27)29-21(2,3)4)22(5,6)14-18(25)23-13-12-16-10-8-9-11-17(16)23/h8-11H,7,12-15H2,1-6H3. The van der Waals surface area contributed by atoms with Gasteiger partial charge in [-0.3, -0.25) is 14.5 Å². The van der Waals surface area contributed by atoms with Gasteiger partial charge >= 0.3 is 12.1 Å². The third-order valence-corrected chi connectivity index (χ3v) is 4.71. The molecule has 7 heteroatoms. The topological polar surface area (TPSA) is 76.1 Å². The Morgan fingerprint density at radius 3 is 2.38 bits per heavy atom. The van der Waals surface area contributed by atoms with E-state index in [1.165, 1.54) is 4.90 Å². The van der Waals surface area contributed by atoms with E-state index in [4.69, 9.17) is 9.47 Å². The van der Waals surface area contributed by atoms with Crippen LogP contribution in [0.4, 0.5) is 10.5 Å². The highest BCUT2D eigenvalue weighted by Crippen LogP contribution is 2.30. The number of nitrogens with zero attached hydrogens (tertiary/aromatic N) is 2. The van der Waals surface area contributed by atoms with E-state index < -0.39 is 23.2 Å². The molecular formula is C22H32N2O5. The van der Waals surface area contributed by atoms with E-state index in [9.17, 15) is 14.4 Å². The Kier molecular flexibility index (Phi) is 6.93. The van der Waals surface area contributed by atoms with Crippen LogP contribution >= 0.6 is 0 Å². The van der Waals surface area contributed by atoms with Gasteiger partial charge in [-0.25, -0.2) is 4.79 Å². The highest BCUT2D eigenvalue weighted by molar-refractivity contribution is 5.96. The third kappa shape index (κ3) is 5.95. The van der Waals surface area contributed by atoms with Crippen molar-refractivity contribution in [1.29, 1.82) is 0 Å². The van der Waals surface area contributed by atoms with Crippen LogP contribution in [0.3, 0.4) is 0 Å². The van der Waals surface area contributed by atoms with E-state index in [0.29, 0.717) is 6.54 Å². The highest BCUT2D eigenvalue weighted by atomic mass is 16.6. The molecule has 7 nitrogen and oxygen atoms in total. The molecule has 0 saturated carbocycles. The first-order chi connectivity index (χ1) is 13.4. The molecule has 160 valence electrons. The van der Waals surface area contributed by atoms with Crippen molar-refractivity contribution in [1.82, 2.24) is 4.90 Å². The Morgan fingerprint density at radius 2 is 1.76 bits per heavy atom. The fourth-order valence-electron chi connectivity index (χ4n) is 3.34. The number of amides is 2. The minimum atomic E-state index is -0.941. The minimum Gasteiger partial charge on any atom is -0.465 e. The summed E-state index contributed by atoms with van der Waals surface area (Å²) in [7, 11) is 0. The summed E-state index contributed by atoms with van der Waals surface area (Å²) >= 11 is 0. The number of ether oxygens (including phenoxy) is 2. The zero-order valence-electron chi connectivity index (χ0n) is 18.3. The molecule has 1 aromatic rings. The monoisotopic (exact) mass is 404 g/mol. The van der Waals surface area contributed by atoms with Crippen LogP contribution in [0.25, 0.3) is 0 Å². The van der Waals surface area contributed by atoms with Crippen LogP contribution in [0.2, 0.25) is 0 Å². The van der Waals surface area contributed by atoms with Crippen molar-refractivity contribution in [2.45, 2.75) is 65.5 Å². The quantitative estimate of drug-likeness (QED) is 0.678. The number of anilines is 1. The zero-order valence-corrected chi connectivity index (χ0v) is 18.3. The van der Waals surface area contributed by atoms with Gasteiger partial charge in [0.05, 0.1) is 18.6 Å². The SMILES string of the molecule is CCOC(=O)CN(C(=O)OC(C)(C)C)C(C)(C)CC(=O)N1CCc2ccccc21. The average Bonchev–Trinajstić information content (AvgIpc) is 3.02. The molecule has 0 aromatic heterocycles. The van der Waals surface area contributed by atoms with Crippen molar-refractivity contribution in [2.24, 2.45) is 0 Å². The molecule has 1 heterocycles. The molecule has 0 unspecified atom stereocenters. The van der Waals surface area contributed by atoms with E-state index in [-0.39, 0.29) is 25.5 Å². The van der Waals surface area contributed by atoms with Crippen LogP contribution in [-0.4, -0.2) is 53.7 Å². The molecule has 1 aliphatic heterocycles. The van der Waals surface area contributed by atoms with Gasteiger partial charge in [0, 0.05) is 12.2 Å². The number of fused-ring (bicyclic) bond motifs is 1. The maximum Gasteiger partial charge on any atom is 0.411 e. The van der Waals surface area contributed by atoms with Gasteiger partial charge in [0.25, 0.3) is 0 Å². The van der Waals surface area contributed by atoms with Gasteiger partial charge in [0.2, 0.25) is 5.91 Å². The van der Waals surface area contributed by atoms with Crippen LogP contribution in [0.15, 0.2) is 24.3 Å². The van der Waals surface area contributed by atoms with E-state index in [0.717, 1.165) is 17.7 Å². The number of esters is 1. The van der Waals surface area contributed by atoms with Crippen LogP contribution in [0.1, 0.15) is 53.5 Å². The smallest absolute Gasteiger partial charge is 0.411 e. The first-order valence-corrected chi connectivity index (χ1v) is 9.99. The summed E-state index contributed by atoms with van der Waals surface area (Å²) in [4.78, 5) is 41.0. The van der Waals surface area contributed by atoms with Crippen molar-refractivity contribution in [2.75, 3.05) is 24.6 Å². The first-order valence-electron chi connectivity index (χ1n) is 9.99. The van der Waals surface area contributed by atoms with Gasteiger partial charge in [0.15, 0.2) is 0 Å². The Labute approximate surface area is 172 Å². The molecule has 0 saturated heterocycles. The van der Waals surface area contributed by atoms with Gasteiger partial charge in [-0.05, 0) is 59.6 Å². The van der Waals surface area contributed by atoms with E-state index in [2.05, 4.69) is 0 Å². The Balaban J connectivity index is 2.20. The van der Waals surface area contributed by atoms with Crippen molar-refractivity contribution >= 4 is 23.7 Å². The largest absolute Gasteiger partial charge is 0.465 e. The van der Waals surface area contributed by atoms with Gasteiger partial charge in [-0.15, -0.1) is 0 Å². The second-order valence-electron chi connectivity index (χ2n) is 8.78. The van der Waals surface area contributed by atoms with Crippen molar-refractivity contribution < 1.29 is 23.9 Å². The molecule has 0 bridgehead atoms. The number of para-hydroxylation sites is 1. The molecule has 2 rings (SSSR count). The fourth-order valence-corrected chi connectivity index (χ4v) is 3.34. The van der Waals surface area contributed by atoms with Crippen molar-refractivity contribution in [3.05, 3.63) is 29.8 Å². The molecule has 29 heavy (non-hydrogen) atoms.